The van der Waals surface area contributed by atoms with Gasteiger partial charge < -0.3 is 10.7 Å². The van der Waals surface area contributed by atoms with E-state index in [1.165, 1.54) is 44.9 Å². The SMILES string of the molecule is C=C(C)c1ccc(C(C)=N)cc1.C=CNCCCCCCCCC. The van der Waals surface area contributed by atoms with Gasteiger partial charge in [-0.25, -0.2) is 0 Å². The summed E-state index contributed by atoms with van der Waals surface area (Å²) >= 11 is 0. The van der Waals surface area contributed by atoms with E-state index >= 15 is 0 Å². The minimum Gasteiger partial charge on any atom is -0.391 e. The van der Waals surface area contributed by atoms with Crippen molar-refractivity contribution in [3.05, 3.63) is 54.8 Å². The summed E-state index contributed by atoms with van der Waals surface area (Å²) in [5.74, 6) is 0. The van der Waals surface area contributed by atoms with Gasteiger partial charge in [-0.2, -0.15) is 0 Å². The highest BCUT2D eigenvalue weighted by atomic mass is 14.8. The molecule has 0 aliphatic rings. The highest BCUT2D eigenvalue weighted by Crippen LogP contribution is 2.12. The molecule has 2 N–H and O–H groups in total. The second-order valence-electron chi connectivity index (χ2n) is 6.26. The molecule has 2 nitrogen and oxygen atoms in total. The van der Waals surface area contributed by atoms with Crippen molar-refractivity contribution in [2.45, 2.75) is 65.7 Å². The normalized spacial score (nSPS) is 9.62. The molecule has 0 aromatic heterocycles. The molecule has 0 amide bonds. The van der Waals surface area contributed by atoms with Crippen molar-refractivity contribution < 1.29 is 0 Å². The number of rotatable bonds is 11. The maximum Gasteiger partial charge on any atom is 0.0355 e. The molecule has 0 heterocycles. The summed E-state index contributed by atoms with van der Waals surface area (Å²) in [4.78, 5) is 0. The quantitative estimate of drug-likeness (QED) is 0.349. The van der Waals surface area contributed by atoms with Crippen molar-refractivity contribution in [1.29, 1.82) is 5.41 Å². The molecule has 0 aliphatic carbocycles. The predicted octanol–water partition coefficient (Wildman–Crippen LogP) is 6.58. The van der Waals surface area contributed by atoms with Gasteiger partial charge in [0.05, 0.1) is 0 Å². The van der Waals surface area contributed by atoms with Crippen molar-refractivity contribution >= 4 is 11.3 Å². The molecule has 0 unspecified atom stereocenters. The van der Waals surface area contributed by atoms with E-state index in [0.717, 1.165) is 23.2 Å². The average Bonchev–Trinajstić information content (AvgIpc) is 2.58. The van der Waals surface area contributed by atoms with E-state index in [-0.39, 0.29) is 0 Å². The van der Waals surface area contributed by atoms with Crippen molar-refractivity contribution in [2.24, 2.45) is 0 Å². The molecule has 0 bridgehead atoms. The van der Waals surface area contributed by atoms with Crippen LogP contribution in [-0.2, 0) is 0 Å². The largest absolute Gasteiger partial charge is 0.391 e. The lowest BCUT2D eigenvalue weighted by atomic mass is 10.1. The molecular formula is C22H36N2. The predicted molar refractivity (Wildman–Crippen MR) is 110 cm³/mol. The standard InChI is InChI=1S/C11H13N.C11H23N/c1-8(2)10-4-6-11(7-5-10)9(3)12;1-3-5-6-7-8-9-10-11-12-4-2/h4-7,12H,1H2,2-3H3;4,12H,2-3,5-11H2,1H3. The summed E-state index contributed by atoms with van der Waals surface area (Å²) in [6, 6.07) is 7.89. The van der Waals surface area contributed by atoms with Crippen molar-refractivity contribution in [2.75, 3.05) is 6.54 Å². The molecule has 0 aliphatic heterocycles. The van der Waals surface area contributed by atoms with Crippen LogP contribution in [0.25, 0.3) is 5.57 Å². The lowest BCUT2D eigenvalue weighted by Gasteiger charge is -2.01. The molecule has 2 heteroatoms. The fourth-order valence-electron chi connectivity index (χ4n) is 2.29. The Hall–Kier alpha value is -1.83. The zero-order valence-corrected chi connectivity index (χ0v) is 16.0. The second kappa shape index (κ2) is 14.7. The minimum atomic E-state index is 0.600. The Morgan fingerprint density at radius 1 is 0.958 bits per heavy atom. The minimum absolute atomic E-state index is 0.600. The molecule has 1 aromatic carbocycles. The van der Waals surface area contributed by atoms with Crippen molar-refractivity contribution in [3.63, 3.8) is 0 Å². The first-order chi connectivity index (χ1) is 11.5. The van der Waals surface area contributed by atoms with E-state index < -0.39 is 0 Å². The van der Waals surface area contributed by atoms with Gasteiger partial charge in [-0.3, -0.25) is 0 Å². The fourth-order valence-corrected chi connectivity index (χ4v) is 2.29. The summed E-state index contributed by atoms with van der Waals surface area (Å²) in [5, 5.41) is 10.5. The van der Waals surface area contributed by atoms with E-state index in [0.29, 0.717) is 5.71 Å². The number of allylic oxidation sites excluding steroid dienone is 1. The molecule has 0 spiro atoms. The zero-order valence-electron chi connectivity index (χ0n) is 16.0. The summed E-state index contributed by atoms with van der Waals surface area (Å²) in [7, 11) is 0. The first-order valence-corrected chi connectivity index (χ1v) is 9.18. The van der Waals surface area contributed by atoms with Gasteiger partial charge in [-0.15, -0.1) is 0 Å². The van der Waals surface area contributed by atoms with Crippen molar-refractivity contribution in [3.8, 4) is 0 Å². The molecular weight excluding hydrogens is 292 g/mol. The van der Waals surface area contributed by atoms with Crippen LogP contribution in [0.1, 0.15) is 76.8 Å². The molecule has 0 radical (unpaired) electrons. The monoisotopic (exact) mass is 328 g/mol. The lowest BCUT2D eigenvalue weighted by Crippen LogP contribution is -2.05. The Morgan fingerprint density at radius 2 is 1.46 bits per heavy atom. The van der Waals surface area contributed by atoms with Crippen LogP contribution in [0.5, 0.6) is 0 Å². The third kappa shape index (κ3) is 11.7. The van der Waals surface area contributed by atoms with Crippen LogP contribution < -0.4 is 5.32 Å². The molecule has 0 saturated carbocycles. The Balaban J connectivity index is 0.000000441. The van der Waals surface area contributed by atoms with Gasteiger partial charge in [0.25, 0.3) is 0 Å². The molecule has 0 atom stereocenters. The lowest BCUT2D eigenvalue weighted by molar-refractivity contribution is 0.583. The Bertz CT molecular complexity index is 438. The van der Waals surface area contributed by atoms with Gasteiger partial charge in [-0.05, 0) is 37.6 Å². The molecule has 1 rings (SSSR count). The third-order valence-electron chi connectivity index (χ3n) is 3.88. The van der Waals surface area contributed by atoms with Crippen LogP contribution in [0.15, 0.2) is 43.6 Å². The number of hydrogen-bond donors (Lipinski definition) is 2. The summed E-state index contributed by atoms with van der Waals surface area (Å²) in [5.41, 5.74) is 3.77. The Labute approximate surface area is 149 Å². The molecule has 0 fully saturated rings. The van der Waals surface area contributed by atoms with Crippen LogP contribution in [0.2, 0.25) is 0 Å². The van der Waals surface area contributed by atoms with E-state index in [1.54, 1.807) is 13.1 Å². The second-order valence-corrected chi connectivity index (χ2v) is 6.26. The van der Waals surface area contributed by atoms with Gasteiger partial charge in [-0.1, -0.05) is 88.4 Å². The number of benzene rings is 1. The van der Waals surface area contributed by atoms with Crippen LogP contribution in [0.3, 0.4) is 0 Å². The number of nitrogens with one attached hydrogen (secondary N) is 2. The average molecular weight is 329 g/mol. The van der Waals surface area contributed by atoms with Crippen LogP contribution >= 0.6 is 0 Å². The summed E-state index contributed by atoms with van der Waals surface area (Å²) < 4.78 is 0. The number of hydrogen-bond acceptors (Lipinski definition) is 2. The van der Waals surface area contributed by atoms with E-state index in [1.807, 2.05) is 31.2 Å². The van der Waals surface area contributed by atoms with Gasteiger partial charge in [0.1, 0.15) is 0 Å². The molecule has 0 saturated heterocycles. The highest BCUT2D eigenvalue weighted by molar-refractivity contribution is 5.96. The first kappa shape index (κ1) is 22.2. The van der Waals surface area contributed by atoms with E-state index in [9.17, 15) is 0 Å². The summed E-state index contributed by atoms with van der Waals surface area (Å²) in [6.07, 6.45) is 11.4. The van der Waals surface area contributed by atoms with E-state index in [2.05, 4.69) is 25.4 Å². The summed E-state index contributed by atoms with van der Waals surface area (Å²) in [6.45, 7) is 14.6. The van der Waals surface area contributed by atoms with Crippen LogP contribution in [0, 0.1) is 5.41 Å². The van der Waals surface area contributed by atoms with Crippen molar-refractivity contribution in [1.82, 2.24) is 5.32 Å². The topological polar surface area (TPSA) is 35.9 Å². The molecule has 1 aromatic rings. The number of unbranched alkanes of at least 4 members (excludes halogenated alkanes) is 6. The fraction of sp³-hybridized carbons (Fsp3) is 0.500. The van der Waals surface area contributed by atoms with Crippen LogP contribution in [0.4, 0.5) is 0 Å². The zero-order chi connectivity index (χ0) is 18.2. The molecule has 24 heavy (non-hydrogen) atoms. The van der Waals surface area contributed by atoms with Gasteiger partial charge in [0.15, 0.2) is 0 Å². The first-order valence-electron chi connectivity index (χ1n) is 9.18. The van der Waals surface area contributed by atoms with E-state index in [4.69, 9.17) is 5.41 Å². The Morgan fingerprint density at radius 3 is 1.92 bits per heavy atom. The Kier molecular flexibility index (Phi) is 13.6. The van der Waals surface area contributed by atoms with Crippen LogP contribution in [-0.4, -0.2) is 12.3 Å². The molecule has 134 valence electrons. The van der Waals surface area contributed by atoms with Gasteiger partial charge in [0.2, 0.25) is 0 Å². The smallest absolute Gasteiger partial charge is 0.0355 e. The third-order valence-corrected chi connectivity index (χ3v) is 3.88. The van der Waals surface area contributed by atoms with Gasteiger partial charge in [0, 0.05) is 12.3 Å². The maximum atomic E-state index is 7.39. The highest BCUT2D eigenvalue weighted by Gasteiger charge is 1.95. The maximum absolute atomic E-state index is 7.39. The van der Waals surface area contributed by atoms with Gasteiger partial charge >= 0.3 is 0 Å².